The zero-order valence-corrected chi connectivity index (χ0v) is 16.2. The van der Waals surface area contributed by atoms with Crippen LogP contribution < -0.4 is 9.47 Å². The van der Waals surface area contributed by atoms with Crippen molar-refractivity contribution >= 4 is 15.8 Å². The van der Waals surface area contributed by atoms with Gasteiger partial charge in [-0.3, -0.25) is 4.79 Å². The lowest BCUT2D eigenvalue weighted by Gasteiger charge is -2.16. The molecule has 1 atom stereocenters. The van der Waals surface area contributed by atoms with Crippen LogP contribution in [0.5, 0.6) is 17.2 Å². The van der Waals surface area contributed by atoms with E-state index in [1.54, 1.807) is 25.3 Å². The van der Waals surface area contributed by atoms with Crippen molar-refractivity contribution in [2.45, 2.75) is 24.3 Å². The molecule has 146 valence electrons. The number of sulfone groups is 1. The van der Waals surface area contributed by atoms with Crippen molar-refractivity contribution in [2.75, 3.05) is 20.0 Å². The van der Waals surface area contributed by atoms with Crippen molar-refractivity contribution < 1.29 is 32.5 Å². The second-order valence-electron chi connectivity index (χ2n) is 6.11. The Hall–Kier alpha value is -2.58. The van der Waals surface area contributed by atoms with Crippen LogP contribution in [-0.2, 0) is 25.8 Å². The topological polar surface area (TPSA) is 99.1 Å². The van der Waals surface area contributed by atoms with Crippen molar-refractivity contribution in [3.05, 3.63) is 48.0 Å². The number of carbonyl (C=O) groups is 1. The number of carboxylic acids is 1. The van der Waals surface area contributed by atoms with Gasteiger partial charge in [0.2, 0.25) is 0 Å². The van der Waals surface area contributed by atoms with Gasteiger partial charge in [-0.2, -0.15) is 0 Å². The molecule has 0 aliphatic rings. The van der Waals surface area contributed by atoms with Gasteiger partial charge in [0.15, 0.2) is 9.84 Å². The summed E-state index contributed by atoms with van der Waals surface area (Å²) in [5.41, 5.74) is 0.521. The molecule has 2 aromatic carbocycles. The molecule has 2 aromatic rings. The average molecular weight is 394 g/mol. The molecule has 0 fully saturated rings. The lowest BCUT2D eigenvalue weighted by molar-refractivity contribution is -0.136. The van der Waals surface area contributed by atoms with Gasteiger partial charge in [0.1, 0.15) is 23.4 Å². The molecule has 0 aliphatic carbocycles. The summed E-state index contributed by atoms with van der Waals surface area (Å²) in [4.78, 5) is 11.2. The summed E-state index contributed by atoms with van der Waals surface area (Å²) in [6, 6.07) is 10.9. The molecule has 0 heterocycles. The molecule has 0 radical (unpaired) electrons. The van der Waals surface area contributed by atoms with E-state index in [1.807, 2.05) is 6.92 Å². The third-order valence-electron chi connectivity index (χ3n) is 3.52. The van der Waals surface area contributed by atoms with Crippen molar-refractivity contribution in [2.24, 2.45) is 0 Å². The van der Waals surface area contributed by atoms with E-state index in [9.17, 15) is 13.2 Å². The molecule has 0 saturated heterocycles. The van der Waals surface area contributed by atoms with E-state index in [4.69, 9.17) is 19.3 Å². The highest BCUT2D eigenvalue weighted by Gasteiger charge is 2.11. The molecule has 0 spiro atoms. The molecule has 0 saturated carbocycles. The average Bonchev–Trinajstić information content (AvgIpc) is 2.53. The van der Waals surface area contributed by atoms with Gasteiger partial charge in [0.25, 0.3) is 0 Å². The molecule has 7 nitrogen and oxygen atoms in total. The van der Waals surface area contributed by atoms with Gasteiger partial charge in [-0.15, -0.1) is 0 Å². The smallest absolute Gasteiger partial charge is 0.307 e. The minimum atomic E-state index is -3.29. The van der Waals surface area contributed by atoms with Gasteiger partial charge in [-0.25, -0.2) is 8.42 Å². The van der Waals surface area contributed by atoms with Crippen LogP contribution in [0.2, 0.25) is 0 Å². The maximum absolute atomic E-state index is 11.5. The molecule has 0 amide bonds. The quantitative estimate of drug-likeness (QED) is 0.698. The Kier molecular flexibility index (Phi) is 6.81. The number of benzene rings is 2. The first kappa shape index (κ1) is 20.7. The van der Waals surface area contributed by atoms with Gasteiger partial charge < -0.3 is 19.3 Å². The van der Waals surface area contributed by atoms with Crippen LogP contribution in [0.1, 0.15) is 12.5 Å². The maximum Gasteiger partial charge on any atom is 0.307 e. The summed E-state index contributed by atoms with van der Waals surface area (Å²) in [7, 11) is -1.73. The van der Waals surface area contributed by atoms with Crippen molar-refractivity contribution in [1.82, 2.24) is 0 Å². The number of carboxylic acid groups (broad SMARTS) is 1. The van der Waals surface area contributed by atoms with Gasteiger partial charge in [-0.05, 0) is 48.9 Å². The van der Waals surface area contributed by atoms with Crippen LogP contribution >= 0.6 is 0 Å². The molecular formula is C19H22O7S. The van der Waals surface area contributed by atoms with Crippen molar-refractivity contribution in [1.29, 1.82) is 0 Å². The van der Waals surface area contributed by atoms with Crippen LogP contribution in [-0.4, -0.2) is 45.6 Å². The minimum absolute atomic E-state index is 0.181. The fraction of sp³-hybridized carbons (Fsp3) is 0.316. The van der Waals surface area contributed by atoms with Gasteiger partial charge in [0, 0.05) is 19.4 Å². The second kappa shape index (κ2) is 8.88. The Balaban J connectivity index is 2.27. The highest BCUT2D eigenvalue weighted by atomic mass is 32.2. The number of methoxy groups -OCH3 is 1. The van der Waals surface area contributed by atoms with Crippen LogP contribution in [0.25, 0.3) is 0 Å². The predicted molar refractivity (Wildman–Crippen MR) is 99.4 cm³/mol. The molecule has 0 unspecified atom stereocenters. The minimum Gasteiger partial charge on any atom is -0.488 e. The monoisotopic (exact) mass is 394 g/mol. The van der Waals surface area contributed by atoms with Crippen LogP contribution in [0.4, 0.5) is 0 Å². The second-order valence-corrected chi connectivity index (χ2v) is 8.13. The first-order chi connectivity index (χ1) is 12.7. The molecule has 27 heavy (non-hydrogen) atoms. The number of rotatable bonds is 9. The standard InChI is InChI=1S/C19H22O7S/c1-13(12-24-2)25-16-8-14(10-19(20)21)9-17(11-16)26-15-4-6-18(7-5-15)27(3,22)23/h4-9,11,13H,10,12H2,1-3H3,(H,20,21)/t13-/m0/s1. The van der Waals surface area contributed by atoms with E-state index in [0.29, 0.717) is 29.4 Å². The summed E-state index contributed by atoms with van der Waals surface area (Å²) in [6.07, 6.45) is 0.722. The Morgan fingerprint density at radius 2 is 1.70 bits per heavy atom. The van der Waals surface area contributed by atoms with Gasteiger partial charge >= 0.3 is 5.97 Å². The Labute approximate surface area is 158 Å². The highest BCUT2D eigenvalue weighted by molar-refractivity contribution is 7.90. The molecule has 0 bridgehead atoms. The molecule has 0 aliphatic heterocycles. The molecule has 0 aromatic heterocycles. The number of hydrogen-bond donors (Lipinski definition) is 1. The highest BCUT2D eigenvalue weighted by Crippen LogP contribution is 2.29. The van der Waals surface area contributed by atoms with Gasteiger partial charge in [-0.1, -0.05) is 0 Å². The summed E-state index contributed by atoms with van der Waals surface area (Å²) in [5.74, 6) is 0.299. The largest absolute Gasteiger partial charge is 0.488 e. The maximum atomic E-state index is 11.5. The van der Waals surface area contributed by atoms with E-state index >= 15 is 0 Å². The number of hydrogen-bond acceptors (Lipinski definition) is 6. The Morgan fingerprint density at radius 3 is 2.26 bits per heavy atom. The van der Waals surface area contributed by atoms with Crippen molar-refractivity contribution in [3.63, 3.8) is 0 Å². The Morgan fingerprint density at radius 1 is 1.07 bits per heavy atom. The van der Waals surface area contributed by atoms with Crippen LogP contribution in [0.15, 0.2) is 47.4 Å². The molecule has 1 N–H and O–H groups in total. The lowest BCUT2D eigenvalue weighted by atomic mass is 10.1. The predicted octanol–water partition coefficient (Wildman–Crippen LogP) is 2.92. The Bertz CT molecular complexity index is 889. The molecule has 2 rings (SSSR count). The van der Waals surface area contributed by atoms with Crippen LogP contribution in [0, 0.1) is 0 Å². The SMILES string of the molecule is COC[C@H](C)Oc1cc(CC(=O)O)cc(Oc2ccc(S(C)(=O)=O)cc2)c1. The van der Waals surface area contributed by atoms with Crippen molar-refractivity contribution in [3.8, 4) is 17.2 Å². The van der Waals surface area contributed by atoms with Gasteiger partial charge in [0.05, 0.1) is 17.9 Å². The fourth-order valence-corrected chi connectivity index (χ4v) is 3.06. The third-order valence-corrected chi connectivity index (χ3v) is 4.65. The first-order valence-corrected chi connectivity index (χ1v) is 10.1. The number of aliphatic carboxylic acids is 1. The van der Waals surface area contributed by atoms with E-state index < -0.39 is 15.8 Å². The summed E-state index contributed by atoms with van der Waals surface area (Å²) < 4.78 is 39.6. The zero-order chi connectivity index (χ0) is 20.0. The van der Waals surface area contributed by atoms with E-state index in [0.717, 1.165) is 6.26 Å². The molecule has 8 heteroatoms. The summed E-state index contributed by atoms with van der Waals surface area (Å²) in [6.45, 7) is 2.21. The third kappa shape index (κ3) is 6.58. The fourth-order valence-electron chi connectivity index (χ4n) is 2.43. The zero-order valence-electron chi connectivity index (χ0n) is 15.3. The molecular weight excluding hydrogens is 372 g/mol. The van der Waals surface area contributed by atoms with E-state index in [2.05, 4.69) is 0 Å². The lowest BCUT2D eigenvalue weighted by Crippen LogP contribution is -2.18. The first-order valence-electron chi connectivity index (χ1n) is 8.16. The summed E-state index contributed by atoms with van der Waals surface area (Å²) in [5, 5.41) is 9.05. The normalized spacial score (nSPS) is 12.4. The summed E-state index contributed by atoms with van der Waals surface area (Å²) >= 11 is 0. The number of ether oxygens (including phenoxy) is 3. The van der Waals surface area contributed by atoms with E-state index in [-0.39, 0.29) is 17.4 Å². The van der Waals surface area contributed by atoms with Crippen LogP contribution in [0.3, 0.4) is 0 Å². The van der Waals surface area contributed by atoms with E-state index in [1.165, 1.54) is 24.3 Å².